The Morgan fingerprint density at radius 3 is 2.35 bits per heavy atom. The highest BCUT2D eigenvalue weighted by Gasteiger charge is 2.09. The summed E-state index contributed by atoms with van der Waals surface area (Å²) in [6.07, 6.45) is 4.52. The summed E-state index contributed by atoms with van der Waals surface area (Å²) in [7, 11) is 1.31. The number of carbonyl (C=O) groups is 2. The van der Waals surface area contributed by atoms with Gasteiger partial charge in [0.05, 0.1) is 12.7 Å². The van der Waals surface area contributed by atoms with Gasteiger partial charge in [0.15, 0.2) is 0 Å². The number of hydrogen-bond donors (Lipinski definition) is 0. The summed E-state index contributed by atoms with van der Waals surface area (Å²) >= 11 is 0. The van der Waals surface area contributed by atoms with Crippen LogP contribution < -0.4 is 0 Å². The molecule has 86 valence electrons. The van der Waals surface area contributed by atoms with Crippen LogP contribution in [0.4, 0.5) is 0 Å². The molecule has 0 N–H and O–H groups in total. The molecule has 0 bridgehead atoms. The van der Waals surface area contributed by atoms with E-state index in [1.54, 1.807) is 30.5 Å². The maximum absolute atomic E-state index is 11.9. The second-order valence-electron chi connectivity index (χ2n) is 3.34. The van der Waals surface area contributed by atoms with Gasteiger partial charge in [-0.1, -0.05) is 0 Å². The number of aromatic nitrogens is 2. The molecule has 0 atom stereocenters. The van der Waals surface area contributed by atoms with Crippen LogP contribution >= 0.6 is 0 Å². The fourth-order valence-corrected chi connectivity index (χ4v) is 1.40. The number of imidazole rings is 1. The molecule has 0 spiro atoms. The van der Waals surface area contributed by atoms with Crippen LogP contribution in [-0.2, 0) is 4.74 Å². The van der Waals surface area contributed by atoms with E-state index in [1.165, 1.54) is 24.2 Å². The zero-order chi connectivity index (χ0) is 12.3. The lowest BCUT2D eigenvalue weighted by Crippen LogP contribution is -2.10. The number of esters is 1. The average molecular weight is 230 g/mol. The van der Waals surface area contributed by atoms with Gasteiger partial charge in [-0.05, 0) is 24.3 Å². The van der Waals surface area contributed by atoms with Crippen molar-refractivity contribution in [3.05, 3.63) is 54.1 Å². The molecule has 1 aromatic carbocycles. The van der Waals surface area contributed by atoms with Gasteiger partial charge < -0.3 is 4.74 Å². The van der Waals surface area contributed by atoms with E-state index in [2.05, 4.69) is 9.72 Å². The summed E-state index contributed by atoms with van der Waals surface area (Å²) < 4.78 is 5.94. The van der Waals surface area contributed by atoms with E-state index in [0.29, 0.717) is 11.1 Å². The zero-order valence-electron chi connectivity index (χ0n) is 9.16. The minimum Gasteiger partial charge on any atom is -0.465 e. The van der Waals surface area contributed by atoms with E-state index >= 15 is 0 Å². The Balaban J connectivity index is 2.24. The molecule has 0 amide bonds. The molecule has 2 aromatic rings. The van der Waals surface area contributed by atoms with Gasteiger partial charge in [0.25, 0.3) is 5.91 Å². The van der Waals surface area contributed by atoms with E-state index in [4.69, 9.17) is 0 Å². The summed E-state index contributed by atoms with van der Waals surface area (Å²) in [5, 5.41) is 0. The summed E-state index contributed by atoms with van der Waals surface area (Å²) in [6.45, 7) is 0. The Bertz CT molecular complexity index is 529. The smallest absolute Gasteiger partial charge is 0.337 e. The molecule has 0 fully saturated rings. The first-order valence-corrected chi connectivity index (χ1v) is 4.93. The van der Waals surface area contributed by atoms with E-state index in [9.17, 15) is 9.59 Å². The van der Waals surface area contributed by atoms with Gasteiger partial charge in [0.1, 0.15) is 6.33 Å². The molecule has 17 heavy (non-hydrogen) atoms. The second-order valence-corrected chi connectivity index (χ2v) is 3.34. The highest BCUT2D eigenvalue weighted by Crippen LogP contribution is 2.07. The molecule has 1 heterocycles. The number of nitrogens with zero attached hydrogens (tertiary/aromatic N) is 2. The van der Waals surface area contributed by atoms with Crippen LogP contribution in [-0.4, -0.2) is 28.5 Å². The predicted octanol–water partition coefficient (Wildman–Crippen LogP) is 1.36. The normalized spacial score (nSPS) is 9.94. The highest BCUT2D eigenvalue weighted by atomic mass is 16.5. The summed E-state index contributed by atoms with van der Waals surface area (Å²) in [4.78, 5) is 26.9. The molecular formula is C12H10N2O3. The van der Waals surface area contributed by atoms with Crippen LogP contribution in [0.15, 0.2) is 43.0 Å². The van der Waals surface area contributed by atoms with Crippen molar-refractivity contribution in [1.82, 2.24) is 9.55 Å². The Hall–Kier alpha value is -2.43. The lowest BCUT2D eigenvalue weighted by atomic mass is 10.1. The van der Waals surface area contributed by atoms with Crippen molar-refractivity contribution >= 4 is 11.9 Å². The quantitative estimate of drug-likeness (QED) is 0.731. The molecule has 0 unspecified atom stereocenters. The number of rotatable bonds is 2. The number of methoxy groups -OCH3 is 1. The first-order valence-electron chi connectivity index (χ1n) is 4.93. The van der Waals surface area contributed by atoms with Crippen molar-refractivity contribution in [2.45, 2.75) is 0 Å². The molecule has 2 rings (SSSR count). The van der Waals surface area contributed by atoms with Gasteiger partial charge in [-0.2, -0.15) is 0 Å². The monoisotopic (exact) mass is 230 g/mol. The zero-order valence-corrected chi connectivity index (χ0v) is 9.16. The number of benzene rings is 1. The summed E-state index contributed by atoms with van der Waals surface area (Å²) in [5.74, 6) is -0.620. The Morgan fingerprint density at radius 2 is 1.82 bits per heavy atom. The lowest BCUT2D eigenvalue weighted by Gasteiger charge is -2.02. The summed E-state index contributed by atoms with van der Waals surface area (Å²) in [6, 6.07) is 6.26. The highest BCUT2D eigenvalue weighted by molar-refractivity contribution is 5.97. The van der Waals surface area contributed by atoms with Gasteiger partial charge in [-0.25, -0.2) is 9.78 Å². The van der Waals surface area contributed by atoms with Gasteiger partial charge in [-0.15, -0.1) is 0 Å². The first kappa shape index (κ1) is 11.1. The fourth-order valence-electron chi connectivity index (χ4n) is 1.40. The standard InChI is InChI=1S/C12H10N2O3/c1-17-12(16)10-4-2-9(3-5-10)11(15)14-7-6-13-8-14/h2-8H,1H3. The van der Waals surface area contributed by atoms with Crippen molar-refractivity contribution in [2.75, 3.05) is 7.11 Å². The van der Waals surface area contributed by atoms with Gasteiger partial charge in [0, 0.05) is 18.0 Å². The van der Waals surface area contributed by atoms with Crippen LogP contribution in [0.5, 0.6) is 0 Å². The van der Waals surface area contributed by atoms with Crippen molar-refractivity contribution in [3.63, 3.8) is 0 Å². The van der Waals surface area contributed by atoms with Crippen LogP contribution in [0.25, 0.3) is 0 Å². The van der Waals surface area contributed by atoms with Crippen molar-refractivity contribution < 1.29 is 14.3 Å². The number of ether oxygens (including phenoxy) is 1. The van der Waals surface area contributed by atoms with Crippen LogP contribution in [0.1, 0.15) is 20.7 Å². The fraction of sp³-hybridized carbons (Fsp3) is 0.0833. The molecule has 0 saturated carbocycles. The van der Waals surface area contributed by atoms with Crippen molar-refractivity contribution in [3.8, 4) is 0 Å². The molecule has 0 saturated heterocycles. The third kappa shape index (κ3) is 2.23. The Kier molecular flexibility index (Phi) is 3.00. The minimum absolute atomic E-state index is 0.195. The first-order chi connectivity index (χ1) is 8.22. The van der Waals surface area contributed by atoms with E-state index in [1.807, 2.05) is 0 Å². The van der Waals surface area contributed by atoms with Gasteiger partial charge in [0.2, 0.25) is 0 Å². The number of carbonyl (C=O) groups excluding carboxylic acids is 2. The molecule has 0 aliphatic heterocycles. The molecule has 5 nitrogen and oxygen atoms in total. The lowest BCUT2D eigenvalue weighted by molar-refractivity contribution is 0.0600. The van der Waals surface area contributed by atoms with E-state index < -0.39 is 5.97 Å². The van der Waals surface area contributed by atoms with Crippen molar-refractivity contribution in [2.24, 2.45) is 0 Å². The van der Waals surface area contributed by atoms with E-state index in [-0.39, 0.29) is 5.91 Å². The second kappa shape index (κ2) is 4.61. The largest absolute Gasteiger partial charge is 0.465 e. The minimum atomic E-state index is -0.424. The van der Waals surface area contributed by atoms with Crippen LogP contribution in [0, 0.1) is 0 Å². The van der Waals surface area contributed by atoms with Crippen LogP contribution in [0.2, 0.25) is 0 Å². The van der Waals surface area contributed by atoms with E-state index in [0.717, 1.165) is 0 Å². The molecule has 5 heteroatoms. The average Bonchev–Trinajstić information content (AvgIpc) is 2.91. The maximum atomic E-state index is 11.9. The van der Waals surface area contributed by atoms with Crippen LogP contribution in [0.3, 0.4) is 0 Å². The predicted molar refractivity (Wildman–Crippen MR) is 59.7 cm³/mol. The topological polar surface area (TPSA) is 61.2 Å². The Morgan fingerprint density at radius 1 is 1.18 bits per heavy atom. The SMILES string of the molecule is COC(=O)c1ccc(C(=O)n2ccnc2)cc1. The molecule has 0 aliphatic carbocycles. The molecular weight excluding hydrogens is 220 g/mol. The molecule has 1 aromatic heterocycles. The summed E-state index contributed by atoms with van der Waals surface area (Å²) in [5.41, 5.74) is 0.894. The molecule has 0 radical (unpaired) electrons. The molecule has 0 aliphatic rings. The van der Waals surface area contributed by atoms with Gasteiger partial charge in [-0.3, -0.25) is 9.36 Å². The third-order valence-electron chi connectivity index (χ3n) is 2.29. The van der Waals surface area contributed by atoms with Gasteiger partial charge >= 0.3 is 5.97 Å². The number of hydrogen-bond acceptors (Lipinski definition) is 4. The Labute approximate surface area is 97.7 Å². The third-order valence-corrected chi connectivity index (χ3v) is 2.29. The van der Waals surface area contributed by atoms with Crippen molar-refractivity contribution in [1.29, 1.82) is 0 Å². The maximum Gasteiger partial charge on any atom is 0.337 e.